The van der Waals surface area contributed by atoms with Crippen molar-refractivity contribution in [3.05, 3.63) is 63.1 Å². The van der Waals surface area contributed by atoms with E-state index in [4.69, 9.17) is 23.2 Å². The Morgan fingerprint density at radius 3 is 2.61 bits per heavy atom. The number of anilines is 1. The summed E-state index contributed by atoms with van der Waals surface area (Å²) in [5.74, 6) is -0.246. The maximum absolute atomic E-state index is 11.8. The van der Waals surface area contributed by atoms with Gasteiger partial charge in [-0.25, -0.2) is 5.43 Å². The molecule has 0 unspecified atom stereocenters. The second kappa shape index (κ2) is 7.99. The molecule has 2 aromatic carbocycles. The minimum Gasteiger partial charge on any atom is -0.376 e. The van der Waals surface area contributed by atoms with Crippen LogP contribution in [-0.4, -0.2) is 18.7 Å². The molecule has 23 heavy (non-hydrogen) atoms. The highest BCUT2D eigenvalue weighted by Gasteiger charge is 2.02. The summed E-state index contributed by atoms with van der Waals surface area (Å²) in [4.78, 5) is 11.8. The van der Waals surface area contributed by atoms with E-state index in [9.17, 15) is 4.79 Å². The second-order valence-electron chi connectivity index (χ2n) is 5.11. The van der Waals surface area contributed by atoms with Gasteiger partial charge < -0.3 is 5.32 Å². The van der Waals surface area contributed by atoms with E-state index in [1.165, 1.54) is 17.3 Å². The molecule has 0 aliphatic carbocycles. The van der Waals surface area contributed by atoms with Crippen LogP contribution in [0.3, 0.4) is 0 Å². The fourth-order valence-corrected chi connectivity index (χ4v) is 2.31. The minimum absolute atomic E-state index is 0.133. The highest BCUT2D eigenvalue weighted by molar-refractivity contribution is 6.36. The molecular weight excluding hydrogens is 333 g/mol. The molecule has 0 aliphatic rings. The smallest absolute Gasteiger partial charge is 0.259 e. The van der Waals surface area contributed by atoms with Crippen LogP contribution >= 0.6 is 23.2 Å². The van der Waals surface area contributed by atoms with E-state index in [1.807, 2.05) is 32.0 Å². The van der Waals surface area contributed by atoms with Crippen LogP contribution in [0.1, 0.15) is 16.7 Å². The van der Waals surface area contributed by atoms with Crippen LogP contribution in [0, 0.1) is 13.8 Å². The zero-order chi connectivity index (χ0) is 16.8. The Kier molecular flexibility index (Phi) is 6.02. The number of nitrogens with zero attached hydrogens (tertiary/aromatic N) is 1. The molecule has 0 atom stereocenters. The summed E-state index contributed by atoms with van der Waals surface area (Å²) in [7, 11) is 0. The molecule has 0 saturated heterocycles. The lowest BCUT2D eigenvalue weighted by Crippen LogP contribution is -2.25. The number of benzene rings is 2. The Morgan fingerprint density at radius 2 is 1.91 bits per heavy atom. The Morgan fingerprint density at radius 1 is 1.13 bits per heavy atom. The number of hydrogen-bond acceptors (Lipinski definition) is 3. The lowest BCUT2D eigenvalue weighted by Gasteiger charge is -2.07. The minimum atomic E-state index is -0.246. The lowest BCUT2D eigenvalue weighted by molar-refractivity contribution is -0.119. The molecule has 0 fully saturated rings. The monoisotopic (exact) mass is 349 g/mol. The van der Waals surface area contributed by atoms with Crippen LogP contribution < -0.4 is 10.7 Å². The summed E-state index contributed by atoms with van der Waals surface area (Å²) >= 11 is 11.8. The van der Waals surface area contributed by atoms with Crippen LogP contribution in [0.5, 0.6) is 0 Å². The van der Waals surface area contributed by atoms with Gasteiger partial charge in [-0.05, 0) is 49.2 Å². The van der Waals surface area contributed by atoms with Gasteiger partial charge in [-0.15, -0.1) is 0 Å². The summed E-state index contributed by atoms with van der Waals surface area (Å²) in [6.07, 6.45) is 1.48. The van der Waals surface area contributed by atoms with Crippen molar-refractivity contribution in [1.29, 1.82) is 0 Å². The number of hydrazone groups is 1. The average molecular weight is 350 g/mol. The van der Waals surface area contributed by atoms with Crippen molar-refractivity contribution in [3.8, 4) is 0 Å². The zero-order valence-electron chi connectivity index (χ0n) is 12.9. The van der Waals surface area contributed by atoms with Gasteiger partial charge in [0.05, 0.1) is 17.8 Å². The van der Waals surface area contributed by atoms with Crippen molar-refractivity contribution in [2.45, 2.75) is 13.8 Å². The third-order valence-corrected chi connectivity index (χ3v) is 3.88. The molecule has 0 spiro atoms. The molecule has 6 heteroatoms. The largest absolute Gasteiger partial charge is 0.376 e. The van der Waals surface area contributed by atoms with Gasteiger partial charge in [0.25, 0.3) is 5.91 Å². The van der Waals surface area contributed by atoms with Gasteiger partial charge >= 0.3 is 0 Å². The first kappa shape index (κ1) is 17.3. The second-order valence-corrected chi connectivity index (χ2v) is 5.96. The molecule has 0 heterocycles. The molecule has 0 aromatic heterocycles. The van der Waals surface area contributed by atoms with E-state index in [-0.39, 0.29) is 12.5 Å². The highest BCUT2D eigenvalue weighted by atomic mass is 35.5. The molecule has 120 valence electrons. The zero-order valence-corrected chi connectivity index (χ0v) is 14.4. The van der Waals surface area contributed by atoms with Gasteiger partial charge in [-0.1, -0.05) is 35.3 Å². The molecule has 0 radical (unpaired) electrons. The van der Waals surface area contributed by atoms with E-state index in [0.29, 0.717) is 15.6 Å². The molecule has 1 amide bonds. The number of rotatable bonds is 5. The summed E-state index contributed by atoms with van der Waals surface area (Å²) in [6, 6.07) is 11.0. The average Bonchev–Trinajstić information content (AvgIpc) is 2.50. The van der Waals surface area contributed by atoms with Crippen LogP contribution in [0.4, 0.5) is 5.69 Å². The van der Waals surface area contributed by atoms with E-state index < -0.39 is 0 Å². The topological polar surface area (TPSA) is 53.5 Å². The Hall–Kier alpha value is -2.04. The van der Waals surface area contributed by atoms with Gasteiger partial charge in [0.15, 0.2) is 0 Å². The van der Waals surface area contributed by atoms with Gasteiger partial charge in [0.1, 0.15) is 0 Å². The Balaban J connectivity index is 1.85. The maximum atomic E-state index is 11.8. The summed E-state index contributed by atoms with van der Waals surface area (Å²) in [5.41, 5.74) is 6.41. The van der Waals surface area contributed by atoms with E-state index in [1.54, 1.807) is 18.2 Å². The number of halogens is 2. The molecule has 2 N–H and O–H groups in total. The van der Waals surface area contributed by atoms with Crippen molar-refractivity contribution in [2.24, 2.45) is 5.10 Å². The summed E-state index contributed by atoms with van der Waals surface area (Å²) in [6.45, 7) is 4.21. The molecule has 0 aliphatic heterocycles. The lowest BCUT2D eigenvalue weighted by atomic mass is 10.1. The van der Waals surface area contributed by atoms with Gasteiger partial charge in [-0.2, -0.15) is 5.10 Å². The summed E-state index contributed by atoms with van der Waals surface area (Å²) in [5, 5.41) is 7.96. The van der Waals surface area contributed by atoms with Gasteiger partial charge in [0, 0.05) is 16.3 Å². The molecule has 2 aromatic rings. The molecule has 0 saturated carbocycles. The maximum Gasteiger partial charge on any atom is 0.259 e. The first-order chi connectivity index (χ1) is 11.0. The van der Waals surface area contributed by atoms with Crippen LogP contribution in [0.15, 0.2) is 41.5 Å². The SMILES string of the molecule is Cc1ccc(NCC(=O)NN=Cc2ccc(Cl)cc2Cl)cc1C. The number of aryl methyl sites for hydroxylation is 2. The van der Waals surface area contributed by atoms with Crippen molar-refractivity contribution >= 4 is 41.0 Å². The third kappa shape index (κ3) is 5.27. The van der Waals surface area contributed by atoms with E-state index >= 15 is 0 Å². The molecule has 4 nitrogen and oxygen atoms in total. The Labute approximate surface area is 145 Å². The van der Waals surface area contributed by atoms with Gasteiger partial charge in [0.2, 0.25) is 0 Å². The molecule has 0 bridgehead atoms. The van der Waals surface area contributed by atoms with Crippen LogP contribution in [-0.2, 0) is 4.79 Å². The van der Waals surface area contributed by atoms with E-state index in [0.717, 1.165) is 5.69 Å². The molecule has 2 rings (SSSR count). The fraction of sp³-hybridized carbons (Fsp3) is 0.176. The van der Waals surface area contributed by atoms with E-state index in [2.05, 4.69) is 15.8 Å². The summed E-state index contributed by atoms with van der Waals surface area (Å²) < 4.78 is 0. The third-order valence-electron chi connectivity index (χ3n) is 3.32. The number of carbonyl (C=O) groups is 1. The number of amides is 1. The predicted octanol–water partition coefficient (Wildman–Crippen LogP) is 4.17. The quantitative estimate of drug-likeness (QED) is 0.628. The first-order valence-corrected chi connectivity index (χ1v) is 7.79. The van der Waals surface area contributed by atoms with Gasteiger partial charge in [-0.3, -0.25) is 4.79 Å². The standard InChI is InChI=1S/C17H17Cl2N3O/c1-11-3-6-15(7-12(11)2)20-10-17(23)22-21-9-13-4-5-14(18)8-16(13)19/h3-9,20H,10H2,1-2H3,(H,22,23). The number of carbonyl (C=O) groups excluding carboxylic acids is 1. The molecular formula is C17H17Cl2N3O. The predicted molar refractivity (Wildman–Crippen MR) is 96.6 cm³/mol. The fourth-order valence-electron chi connectivity index (χ4n) is 1.85. The highest BCUT2D eigenvalue weighted by Crippen LogP contribution is 2.19. The number of nitrogens with one attached hydrogen (secondary N) is 2. The van der Waals surface area contributed by atoms with Crippen molar-refractivity contribution in [2.75, 3.05) is 11.9 Å². The van der Waals surface area contributed by atoms with Crippen LogP contribution in [0.25, 0.3) is 0 Å². The van der Waals surface area contributed by atoms with Crippen molar-refractivity contribution in [3.63, 3.8) is 0 Å². The Bertz CT molecular complexity index is 745. The van der Waals surface area contributed by atoms with Crippen molar-refractivity contribution < 1.29 is 4.79 Å². The van der Waals surface area contributed by atoms with Crippen LogP contribution in [0.2, 0.25) is 10.0 Å². The number of hydrogen-bond donors (Lipinski definition) is 2. The first-order valence-electron chi connectivity index (χ1n) is 7.04. The normalized spacial score (nSPS) is 10.8. The van der Waals surface area contributed by atoms with Crippen molar-refractivity contribution in [1.82, 2.24) is 5.43 Å².